The molecule has 0 heterocycles. The zero-order valence-electron chi connectivity index (χ0n) is 18.1. The summed E-state index contributed by atoms with van der Waals surface area (Å²) in [6, 6.07) is 7.62. The zero-order chi connectivity index (χ0) is 26.1. The predicted molar refractivity (Wildman–Crippen MR) is 111 cm³/mol. The highest BCUT2D eigenvalue weighted by Crippen LogP contribution is 2.31. The van der Waals surface area contributed by atoms with E-state index in [1.54, 1.807) is 0 Å². The summed E-state index contributed by atoms with van der Waals surface area (Å²) >= 11 is 0. The smallest absolute Gasteiger partial charge is 0.416 e. The number of aliphatic hydroxyl groups is 1. The number of rotatable bonds is 11. The lowest BCUT2D eigenvalue weighted by atomic mass is 10.2. The van der Waals surface area contributed by atoms with Crippen LogP contribution in [0.5, 0.6) is 11.5 Å². The van der Waals surface area contributed by atoms with Gasteiger partial charge in [0.25, 0.3) is 11.8 Å². The van der Waals surface area contributed by atoms with Crippen molar-refractivity contribution >= 4 is 11.8 Å². The van der Waals surface area contributed by atoms with Gasteiger partial charge in [0.15, 0.2) is 13.2 Å². The largest absolute Gasteiger partial charge is 0.484 e. The molecule has 0 aliphatic rings. The first kappa shape index (κ1) is 27.8. The summed E-state index contributed by atoms with van der Waals surface area (Å²) in [5.74, 6) is -1.03. The highest BCUT2D eigenvalue weighted by Gasteiger charge is 2.30. The van der Waals surface area contributed by atoms with Crippen LogP contribution in [0.4, 0.5) is 26.3 Å². The molecule has 0 bridgehead atoms. The Morgan fingerprint density at radius 2 is 1.14 bits per heavy atom. The molecule has 2 aromatic carbocycles. The molecule has 0 unspecified atom stereocenters. The van der Waals surface area contributed by atoms with Gasteiger partial charge in [-0.1, -0.05) is 0 Å². The van der Waals surface area contributed by atoms with Gasteiger partial charge in [-0.3, -0.25) is 9.59 Å². The maximum Gasteiger partial charge on any atom is 0.416 e. The quantitative estimate of drug-likeness (QED) is 0.406. The molecular formula is C22H22F6N2O5. The van der Waals surface area contributed by atoms with Crippen molar-refractivity contribution in [2.75, 3.05) is 26.3 Å². The van der Waals surface area contributed by atoms with Crippen LogP contribution in [0.1, 0.15) is 17.5 Å². The third-order valence-corrected chi connectivity index (χ3v) is 4.44. The van der Waals surface area contributed by atoms with Crippen LogP contribution >= 0.6 is 0 Å². The number of benzene rings is 2. The molecule has 0 aliphatic carbocycles. The van der Waals surface area contributed by atoms with Gasteiger partial charge in [0, 0.05) is 13.1 Å². The molecule has 7 nitrogen and oxygen atoms in total. The Bertz CT molecular complexity index is 962. The van der Waals surface area contributed by atoms with Crippen molar-refractivity contribution in [1.29, 1.82) is 0 Å². The van der Waals surface area contributed by atoms with E-state index < -0.39 is 54.6 Å². The lowest BCUT2D eigenvalue weighted by Crippen LogP contribution is -2.37. The molecule has 0 aromatic heterocycles. The van der Waals surface area contributed by atoms with Crippen LogP contribution in [-0.4, -0.2) is 49.3 Å². The first-order chi connectivity index (χ1) is 16.3. The number of amides is 2. The fraction of sp³-hybridized carbons (Fsp3) is 0.364. The van der Waals surface area contributed by atoms with Crippen LogP contribution in [0, 0.1) is 0 Å². The lowest BCUT2D eigenvalue weighted by molar-refractivity contribution is -0.138. The molecular weight excluding hydrogens is 486 g/mol. The van der Waals surface area contributed by atoms with Crippen LogP contribution in [0.15, 0.2) is 48.5 Å². The highest BCUT2D eigenvalue weighted by atomic mass is 19.4. The van der Waals surface area contributed by atoms with Gasteiger partial charge in [-0.05, 0) is 55.0 Å². The van der Waals surface area contributed by atoms with Gasteiger partial charge in [-0.2, -0.15) is 26.3 Å². The van der Waals surface area contributed by atoms with E-state index in [9.17, 15) is 41.0 Å². The molecule has 0 aliphatic heterocycles. The number of hydrogen-bond donors (Lipinski definition) is 3. The van der Waals surface area contributed by atoms with Crippen LogP contribution < -0.4 is 20.1 Å². The normalized spacial score (nSPS) is 12.5. The Morgan fingerprint density at radius 3 is 1.54 bits per heavy atom. The summed E-state index contributed by atoms with van der Waals surface area (Å²) in [6.45, 7) is -1.04. The van der Waals surface area contributed by atoms with Crippen LogP contribution in [-0.2, 0) is 21.9 Å². The number of hydrogen-bond acceptors (Lipinski definition) is 5. The fourth-order valence-electron chi connectivity index (χ4n) is 2.59. The van der Waals surface area contributed by atoms with Gasteiger partial charge in [-0.25, -0.2) is 0 Å². The Labute approximate surface area is 196 Å². The second kappa shape index (κ2) is 12.3. The van der Waals surface area contributed by atoms with Gasteiger partial charge < -0.3 is 25.2 Å². The van der Waals surface area contributed by atoms with Gasteiger partial charge in [0.05, 0.1) is 17.2 Å². The van der Waals surface area contributed by atoms with Crippen LogP contribution in [0.2, 0.25) is 0 Å². The Balaban J connectivity index is 1.58. The number of halogens is 6. The summed E-state index contributed by atoms with van der Waals surface area (Å²) in [6.07, 6.45) is -9.90. The molecule has 2 amide bonds. The highest BCUT2D eigenvalue weighted by molar-refractivity contribution is 5.78. The van der Waals surface area contributed by atoms with E-state index in [-0.39, 0.29) is 31.0 Å². The molecule has 3 N–H and O–H groups in total. The topological polar surface area (TPSA) is 96.9 Å². The minimum Gasteiger partial charge on any atom is -0.484 e. The number of ether oxygens (including phenoxy) is 2. The van der Waals surface area contributed by atoms with Gasteiger partial charge in [0.2, 0.25) is 0 Å². The van der Waals surface area contributed by atoms with E-state index in [0.29, 0.717) is 0 Å². The number of nitrogens with one attached hydrogen (secondary N) is 2. The van der Waals surface area contributed by atoms with Crippen molar-refractivity contribution in [2.45, 2.75) is 24.9 Å². The number of carbonyl (C=O) groups is 2. The zero-order valence-corrected chi connectivity index (χ0v) is 18.1. The third kappa shape index (κ3) is 10.1. The maximum atomic E-state index is 12.5. The Hall–Kier alpha value is -3.48. The van der Waals surface area contributed by atoms with Crippen LogP contribution in [0.3, 0.4) is 0 Å². The molecule has 0 fully saturated rings. The summed E-state index contributed by atoms with van der Waals surface area (Å²) in [4.78, 5) is 23.5. The van der Waals surface area contributed by atoms with E-state index in [4.69, 9.17) is 9.47 Å². The molecule has 2 rings (SSSR count). The Morgan fingerprint density at radius 1 is 0.743 bits per heavy atom. The second-order valence-electron chi connectivity index (χ2n) is 7.22. The number of aliphatic hydroxyl groups excluding tert-OH is 1. The van der Waals surface area contributed by atoms with Gasteiger partial charge in [-0.15, -0.1) is 0 Å². The standard InChI is InChI=1S/C22H22F6N2O5/c23-21(24,25)14-1-5-17(6-2-14)34-12-19(32)29-10-9-16(31)11-30-20(33)13-35-18-7-3-15(4-8-18)22(26,27)28/h1-8,16,31H,9-13H2,(H,29,32)(H,30,33)/t16-/m0/s1. The van der Waals surface area contributed by atoms with E-state index in [0.717, 1.165) is 48.5 Å². The lowest BCUT2D eigenvalue weighted by Gasteiger charge is -2.13. The first-order valence-electron chi connectivity index (χ1n) is 10.2. The molecule has 0 saturated heterocycles. The minimum absolute atomic E-state index is 0.0360. The minimum atomic E-state index is -4.48. The molecule has 1 atom stereocenters. The third-order valence-electron chi connectivity index (χ3n) is 4.44. The summed E-state index contributed by atoms with van der Waals surface area (Å²) in [7, 11) is 0. The van der Waals surface area contributed by atoms with Crippen molar-refractivity contribution < 1.29 is 50.5 Å². The summed E-state index contributed by atoms with van der Waals surface area (Å²) < 4.78 is 85.2. The van der Waals surface area contributed by atoms with Crippen molar-refractivity contribution in [3.63, 3.8) is 0 Å². The van der Waals surface area contributed by atoms with E-state index in [1.165, 1.54) is 0 Å². The van der Waals surface area contributed by atoms with E-state index in [1.807, 2.05) is 0 Å². The van der Waals surface area contributed by atoms with E-state index in [2.05, 4.69) is 10.6 Å². The van der Waals surface area contributed by atoms with Crippen molar-refractivity contribution in [3.8, 4) is 11.5 Å². The molecule has 0 radical (unpaired) electrons. The number of carbonyl (C=O) groups excluding carboxylic acids is 2. The first-order valence-corrected chi connectivity index (χ1v) is 10.2. The average Bonchev–Trinajstić information content (AvgIpc) is 2.79. The van der Waals surface area contributed by atoms with Gasteiger partial charge >= 0.3 is 12.4 Å². The summed E-state index contributed by atoms with van der Waals surface area (Å²) in [5, 5.41) is 14.7. The van der Waals surface area contributed by atoms with Crippen molar-refractivity contribution in [3.05, 3.63) is 59.7 Å². The molecule has 0 saturated carbocycles. The molecule has 13 heteroatoms. The van der Waals surface area contributed by atoms with Crippen LogP contribution in [0.25, 0.3) is 0 Å². The molecule has 0 spiro atoms. The fourth-order valence-corrected chi connectivity index (χ4v) is 2.59. The molecule has 192 valence electrons. The molecule has 2 aromatic rings. The van der Waals surface area contributed by atoms with Gasteiger partial charge in [0.1, 0.15) is 11.5 Å². The van der Waals surface area contributed by atoms with Crippen molar-refractivity contribution in [1.82, 2.24) is 10.6 Å². The second-order valence-corrected chi connectivity index (χ2v) is 7.22. The average molecular weight is 508 g/mol. The maximum absolute atomic E-state index is 12.5. The Kier molecular flexibility index (Phi) is 9.75. The SMILES string of the molecule is O=C(COc1ccc(C(F)(F)F)cc1)NCC[C@H](O)CNC(=O)COc1ccc(C(F)(F)F)cc1. The monoisotopic (exact) mass is 508 g/mol. The number of alkyl halides is 6. The molecule has 35 heavy (non-hydrogen) atoms. The van der Waals surface area contributed by atoms with E-state index >= 15 is 0 Å². The van der Waals surface area contributed by atoms with Crippen molar-refractivity contribution in [2.24, 2.45) is 0 Å². The summed E-state index contributed by atoms with van der Waals surface area (Å²) in [5.41, 5.74) is -1.70. The predicted octanol–water partition coefficient (Wildman–Crippen LogP) is 3.17.